The highest BCUT2D eigenvalue weighted by atomic mass is 32.2. The van der Waals surface area contributed by atoms with Crippen LogP contribution in [-0.2, 0) is 4.79 Å². The molecule has 3 nitrogen and oxygen atoms in total. The summed E-state index contributed by atoms with van der Waals surface area (Å²) in [5, 5.41) is 11.4. The Kier molecular flexibility index (Phi) is 6.36. The van der Waals surface area contributed by atoms with Gasteiger partial charge in [0.15, 0.2) is 0 Å². The van der Waals surface area contributed by atoms with E-state index in [1.165, 1.54) is 0 Å². The third-order valence-electron chi connectivity index (χ3n) is 1.27. The van der Waals surface area contributed by atoms with Crippen molar-refractivity contribution in [1.29, 1.82) is 0 Å². The molecule has 0 aromatic carbocycles. The van der Waals surface area contributed by atoms with Crippen molar-refractivity contribution >= 4 is 17.7 Å². The summed E-state index contributed by atoms with van der Waals surface area (Å²) in [6.07, 6.45) is 0. The second-order valence-corrected chi connectivity index (χ2v) is 3.60. The molecule has 0 aliphatic heterocycles. The van der Waals surface area contributed by atoms with E-state index in [1.807, 2.05) is 0 Å². The van der Waals surface area contributed by atoms with Gasteiger partial charge in [0, 0.05) is 12.3 Å². The van der Waals surface area contributed by atoms with Gasteiger partial charge in [0.1, 0.15) is 6.04 Å². The molecule has 0 saturated heterocycles. The number of hydrogen-bond acceptors (Lipinski definition) is 3. The average molecular weight is 177 g/mol. The molecule has 11 heavy (non-hydrogen) atoms. The summed E-state index contributed by atoms with van der Waals surface area (Å²) < 4.78 is 0. The summed E-state index contributed by atoms with van der Waals surface area (Å²) in [6, 6.07) is -0.424. The first-order valence-corrected chi connectivity index (χ1v) is 4.88. The Labute approximate surface area is 71.6 Å². The minimum Gasteiger partial charge on any atom is -0.480 e. The van der Waals surface area contributed by atoms with Crippen LogP contribution in [0.4, 0.5) is 0 Å². The summed E-state index contributed by atoms with van der Waals surface area (Å²) in [5.41, 5.74) is 0. The van der Waals surface area contributed by atoms with E-state index in [4.69, 9.17) is 5.11 Å². The van der Waals surface area contributed by atoms with Crippen LogP contribution in [0.1, 0.15) is 13.8 Å². The minimum atomic E-state index is -0.786. The summed E-state index contributed by atoms with van der Waals surface area (Å²) in [6.45, 7) is 4.51. The van der Waals surface area contributed by atoms with Crippen LogP contribution in [-0.4, -0.2) is 35.2 Å². The van der Waals surface area contributed by atoms with Crippen LogP contribution in [0.2, 0.25) is 0 Å². The number of carbonyl (C=O) groups is 1. The molecule has 0 rings (SSSR count). The van der Waals surface area contributed by atoms with E-state index >= 15 is 0 Å². The zero-order chi connectivity index (χ0) is 8.69. The number of aliphatic carboxylic acids is 1. The fourth-order valence-corrected chi connectivity index (χ4v) is 1.13. The Balaban J connectivity index is 3.17. The van der Waals surface area contributed by atoms with Crippen LogP contribution in [0.5, 0.6) is 0 Å². The molecule has 0 spiro atoms. The molecule has 0 unspecified atom stereocenters. The lowest BCUT2D eigenvalue weighted by Crippen LogP contribution is -2.35. The molecule has 0 heterocycles. The average Bonchev–Trinajstić information content (AvgIpc) is 1.97. The Morgan fingerprint density at radius 2 is 2.36 bits per heavy atom. The zero-order valence-electron chi connectivity index (χ0n) is 6.96. The SMILES string of the molecule is CCSCCN[C@H](C)C(=O)O. The van der Waals surface area contributed by atoms with Gasteiger partial charge in [0.05, 0.1) is 0 Å². The molecule has 0 aromatic rings. The van der Waals surface area contributed by atoms with Crippen molar-refractivity contribution in [2.75, 3.05) is 18.1 Å². The summed E-state index contributed by atoms with van der Waals surface area (Å²) in [7, 11) is 0. The number of rotatable bonds is 6. The lowest BCUT2D eigenvalue weighted by molar-refractivity contribution is -0.138. The molecule has 2 N–H and O–H groups in total. The Hall–Kier alpha value is -0.220. The Morgan fingerprint density at radius 3 is 2.82 bits per heavy atom. The van der Waals surface area contributed by atoms with Crippen LogP contribution in [0.3, 0.4) is 0 Å². The lowest BCUT2D eigenvalue weighted by atomic mass is 10.3. The van der Waals surface area contributed by atoms with Gasteiger partial charge < -0.3 is 10.4 Å². The van der Waals surface area contributed by atoms with Crippen molar-refractivity contribution in [2.24, 2.45) is 0 Å². The largest absolute Gasteiger partial charge is 0.480 e. The van der Waals surface area contributed by atoms with Crippen molar-refractivity contribution in [3.63, 3.8) is 0 Å². The molecule has 0 amide bonds. The molecule has 66 valence electrons. The van der Waals surface area contributed by atoms with Crippen molar-refractivity contribution < 1.29 is 9.90 Å². The van der Waals surface area contributed by atoms with Crippen LogP contribution in [0.25, 0.3) is 0 Å². The van der Waals surface area contributed by atoms with E-state index in [1.54, 1.807) is 18.7 Å². The monoisotopic (exact) mass is 177 g/mol. The highest BCUT2D eigenvalue weighted by Crippen LogP contribution is 1.95. The minimum absolute atomic E-state index is 0.424. The van der Waals surface area contributed by atoms with Crippen molar-refractivity contribution in [2.45, 2.75) is 19.9 Å². The van der Waals surface area contributed by atoms with E-state index in [2.05, 4.69) is 12.2 Å². The normalized spacial score (nSPS) is 12.9. The topological polar surface area (TPSA) is 49.3 Å². The third kappa shape index (κ3) is 6.19. The summed E-state index contributed by atoms with van der Waals surface area (Å²) in [4.78, 5) is 10.3. The third-order valence-corrected chi connectivity index (χ3v) is 2.17. The van der Waals surface area contributed by atoms with Gasteiger partial charge in [-0.25, -0.2) is 0 Å². The number of thioether (sulfide) groups is 1. The second kappa shape index (κ2) is 6.49. The van der Waals surface area contributed by atoms with E-state index in [0.717, 1.165) is 18.1 Å². The van der Waals surface area contributed by atoms with Gasteiger partial charge >= 0.3 is 5.97 Å². The van der Waals surface area contributed by atoms with Crippen LogP contribution in [0.15, 0.2) is 0 Å². The van der Waals surface area contributed by atoms with E-state index in [9.17, 15) is 4.79 Å². The van der Waals surface area contributed by atoms with E-state index < -0.39 is 12.0 Å². The van der Waals surface area contributed by atoms with Crippen LogP contribution < -0.4 is 5.32 Å². The van der Waals surface area contributed by atoms with Gasteiger partial charge in [-0.3, -0.25) is 4.79 Å². The van der Waals surface area contributed by atoms with Gasteiger partial charge in [-0.1, -0.05) is 6.92 Å². The predicted octanol–water partition coefficient (Wildman–Crippen LogP) is 0.802. The number of carboxylic acid groups (broad SMARTS) is 1. The number of nitrogens with one attached hydrogen (secondary N) is 1. The van der Waals surface area contributed by atoms with Gasteiger partial charge in [-0.15, -0.1) is 0 Å². The maximum absolute atomic E-state index is 10.3. The molecule has 0 fully saturated rings. The molecule has 4 heteroatoms. The Morgan fingerprint density at radius 1 is 1.73 bits per heavy atom. The molecule has 0 radical (unpaired) electrons. The first-order valence-electron chi connectivity index (χ1n) is 3.72. The standard InChI is InChI=1S/C7H15NO2S/c1-3-11-5-4-8-6(2)7(9)10/h6,8H,3-5H2,1-2H3,(H,9,10)/t6-/m1/s1. The van der Waals surface area contributed by atoms with Crippen molar-refractivity contribution in [1.82, 2.24) is 5.32 Å². The summed E-state index contributed by atoms with van der Waals surface area (Å²) in [5.74, 6) is 1.28. The Bertz CT molecular complexity index is 119. The molecule has 0 saturated carbocycles. The molecule has 0 bridgehead atoms. The number of hydrogen-bond donors (Lipinski definition) is 2. The predicted molar refractivity (Wildman–Crippen MR) is 48.1 cm³/mol. The quantitative estimate of drug-likeness (QED) is 0.589. The zero-order valence-corrected chi connectivity index (χ0v) is 7.78. The molecule has 1 atom stereocenters. The summed E-state index contributed by atoms with van der Waals surface area (Å²) >= 11 is 1.81. The van der Waals surface area contributed by atoms with Gasteiger partial charge in [0.2, 0.25) is 0 Å². The molecular formula is C7H15NO2S. The maximum atomic E-state index is 10.3. The molecular weight excluding hydrogens is 162 g/mol. The van der Waals surface area contributed by atoms with Crippen molar-refractivity contribution in [3.8, 4) is 0 Å². The van der Waals surface area contributed by atoms with Crippen molar-refractivity contribution in [3.05, 3.63) is 0 Å². The number of carboxylic acids is 1. The highest BCUT2D eigenvalue weighted by Gasteiger charge is 2.07. The molecule has 0 aromatic heterocycles. The first kappa shape index (κ1) is 10.8. The molecule has 0 aliphatic carbocycles. The van der Waals surface area contributed by atoms with Crippen LogP contribution >= 0.6 is 11.8 Å². The lowest BCUT2D eigenvalue weighted by Gasteiger charge is -2.07. The van der Waals surface area contributed by atoms with Gasteiger partial charge in [-0.2, -0.15) is 11.8 Å². The van der Waals surface area contributed by atoms with Gasteiger partial charge in [-0.05, 0) is 12.7 Å². The smallest absolute Gasteiger partial charge is 0.320 e. The fourth-order valence-electron chi connectivity index (χ4n) is 0.579. The van der Waals surface area contributed by atoms with E-state index in [-0.39, 0.29) is 0 Å². The van der Waals surface area contributed by atoms with Gasteiger partial charge in [0.25, 0.3) is 0 Å². The molecule has 0 aliphatic rings. The maximum Gasteiger partial charge on any atom is 0.320 e. The van der Waals surface area contributed by atoms with Crippen LogP contribution in [0, 0.1) is 0 Å². The highest BCUT2D eigenvalue weighted by molar-refractivity contribution is 7.99. The fraction of sp³-hybridized carbons (Fsp3) is 0.857. The first-order chi connectivity index (χ1) is 5.18. The second-order valence-electron chi connectivity index (χ2n) is 2.21. The van der Waals surface area contributed by atoms with E-state index in [0.29, 0.717) is 0 Å².